The third kappa shape index (κ3) is 4.60. The molecule has 0 aliphatic rings. The van der Waals surface area contributed by atoms with E-state index in [9.17, 15) is 4.79 Å². The molecule has 5 nitrogen and oxygen atoms in total. The maximum atomic E-state index is 12.4. The molecule has 5 heteroatoms. The van der Waals surface area contributed by atoms with Crippen molar-refractivity contribution in [1.82, 2.24) is 9.78 Å². The first kappa shape index (κ1) is 19.7. The first-order valence-electron chi connectivity index (χ1n) is 9.74. The van der Waals surface area contributed by atoms with Gasteiger partial charge < -0.3 is 10.6 Å². The van der Waals surface area contributed by atoms with Crippen LogP contribution < -0.4 is 10.6 Å². The maximum absolute atomic E-state index is 12.4. The molecule has 0 radical (unpaired) electrons. The standard InChI is InChI=1S/C23H28N4O/c1-5-6-19-9-11-20(12-10-19)24-15-22(28)25-23-17(3)26-27(18(23)4)21-13-7-16(2)8-14-21/h7-14,24H,5-6,15H2,1-4H3,(H,25,28). The van der Waals surface area contributed by atoms with Crippen LogP contribution in [-0.4, -0.2) is 22.2 Å². The van der Waals surface area contributed by atoms with Gasteiger partial charge in [0.25, 0.3) is 0 Å². The number of hydrogen-bond donors (Lipinski definition) is 2. The van der Waals surface area contributed by atoms with Crippen LogP contribution in [-0.2, 0) is 11.2 Å². The molecule has 2 aromatic carbocycles. The number of aryl methyl sites for hydroxylation is 3. The molecule has 0 spiro atoms. The quantitative estimate of drug-likeness (QED) is 0.623. The van der Waals surface area contributed by atoms with E-state index in [0.29, 0.717) is 0 Å². The Morgan fingerprint density at radius 1 is 1.00 bits per heavy atom. The van der Waals surface area contributed by atoms with Crippen LogP contribution in [0.5, 0.6) is 0 Å². The summed E-state index contributed by atoms with van der Waals surface area (Å²) >= 11 is 0. The van der Waals surface area contributed by atoms with Gasteiger partial charge >= 0.3 is 0 Å². The predicted octanol–water partition coefficient (Wildman–Crippen LogP) is 4.80. The number of benzene rings is 2. The van der Waals surface area contributed by atoms with Gasteiger partial charge in [-0.05, 0) is 57.0 Å². The molecule has 3 aromatic rings. The second kappa shape index (κ2) is 8.74. The average Bonchev–Trinajstić information content (AvgIpc) is 2.96. The van der Waals surface area contributed by atoms with E-state index in [1.54, 1.807) is 0 Å². The lowest BCUT2D eigenvalue weighted by molar-refractivity contribution is -0.114. The smallest absolute Gasteiger partial charge is 0.243 e. The fourth-order valence-corrected chi connectivity index (χ4v) is 3.20. The van der Waals surface area contributed by atoms with Crippen LogP contribution in [0.1, 0.15) is 35.9 Å². The van der Waals surface area contributed by atoms with Crippen molar-refractivity contribution < 1.29 is 4.79 Å². The van der Waals surface area contributed by atoms with E-state index < -0.39 is 0 Å². The summed E-state index contributed by atoms with van der Waals surface area (Å²) in [4.78, 5) is 12.4. The van der Waals surface area contributed by atoms with E-state index in [0.717, 1.165) is 41.3 Å². The van der Waals surface area contributed by atoms with E-state index in [-0.39, 0.29) is 12.5 Å². The van der Waals surface area contributed by atoms with Gasteiger partial charge in [0.2, 0.25) is 5.91 Å². The van der Waals surface area contributed by atoms with Crippen molar-refractivity contribution in [3.63, 3.8) is 0 Å². The minimum absolute atomic E-state index is 0.0905. The van der Waals surface area contributed by atoms with Gasteiger partial charge in [-0.2, -0.15) is 5.10 Å². The van der Waals surface area contributed by atoms with E-state index in [4.69, 9.17) is 0 Å². The number of aromatic nitrogens is 2. The van der Waals surface area contributed by atoms with Crippen LogP contribution in [0, 0.1) is 20.8 Å². The summed E-state index contributed by atoms with van der Waals surface area (Å²) in [5.74, 6) is -0.0905. The molecule has 0 fully saturated rings. The Kier molecular flexibility index (Phi) is 6.14. The molecule has 0 saturated heterocycles. The third-order valence-electron chi connectivity index (χ3n) is 4.78. The highest BCUT2D eigenvalue weighted by molar-refractivity contribution is 5.94. The Balaban J connectivity index is 1.64. The Hall–Kier alpha value is -3.08. The molecule has 0 aliphatic carbocycles. The zero-order valence-electron chi connectivity index (χ0n) is 17.0. The summed E-state index contributed by atoms with van der Waals surface area (Å²) in [5, 5.41) is 10.8. The summed E-state index contributed by atoms with van der Waals surface area (Å²) in [7, 11) is 0. The number of hydrogen-bond acceptors (Lipinski definition) is 3. The zero-order chi connectivity index (χ0) is 20.1. The minimum atomic E-state index is -0.0905. The van der Waals surface area contributed by atoms with Gasteiger partial charge in [-0.3, -0.25) is 4.79 Å². The second-order valence-corrected chi connectivity index (χ2v) is 7.14. The van der Waals surface area contributed by atoms with E-state index in [1.165, 1.54) is 11.1 Å². The predicted molar refractivity (Wildman–Crippen MR) is 115 cm³/mol. The van der Waals surface area contributed by atoms with Crippen LogP contribution in [0.4, 0.5) is 11.4 Å². The number of anilines is 2. The van der Waals surface area contributed by atoms with Crippen molar-refractivity contribution in [3.8, 4) is 5.69 Å². The first-order valence-corrected chi connectivity index (χ1v) is 9.74. The first-order chi connectivity index (χ1) is 13.5. The summed E-state index contributed by atoms with van der Waals surface area (Å²) in [6.07, 6.45) is 2.20. The molecule has 0 unspecified atom stereocenters. The Morgan fingerprint density at radius 2 is 1.68 bits per heavy atom. The van der Waals surface area contributed by atoms with Gasteiger partial charge in [-0.25, -0.2) is 4.68 Å². The van der Waals surface area contributed by atoms with E-state index >= 15 is 0 Å². The Bertz CT molecular complexity index is 940. The van der Waals surface area contributed by atoms with Crippen LogP contribution in [0.3, 0.4) is 0 Å². The lowest BCUT2D eigenvalue weighted by Crippen LogP contribution is -2.22. The number of carbonyl (C=O) groups excluding carboxylic acids is 1. The van der Waals surface area contributed by atoms with Crippen molar-refractivity contribution >= 4 is 17.3 Å². The van der Waals surface area contributed by atoms with Crippen molar-refractivity contribution in [1.29, 1.82) is 0 Å². The maximum Gasteiger partial charge on any atom is 0.243 e. The number of nitrogens with zero attached hydrogens (tertiary/aromatic N) is 2. The highest BCUT2D eigenvalue weighted by atomic mass is 16.1. The van der Waals surface area contributed by atoms with Crippen molar-refractivity contribution in [3.05, 3.63) is 71.0 Å². The molecule has 146 valence electrons. The number of amides is 1. The summed E-state index contributed by atoms with van der Waals surface area (Å²) in [6, 6.07) is 16.4. The molecule has 28 heavy (non-hydrogen) atoms. The van der Waals surface area contributed by atoms with Crippen LogP contribution in [0.25, 0.3) is 5.69 Å². The Labute approximate surface area is 166 Å². The molecule has 1 amide bonds. The van der Waals surface area contributed by atoms with Gasteiger partial charge in [-0.15, -0.1) is 0 Å². The summed E-state index contributed by atoms with van der Waals surface area (Å²) in [5.41, 5.74) is 6.93. The minimum Gasteiger partial charge on any atom is -0.376 e. The SMILES string of the molecule is CCCc1ccc(NCC(=O)Nc2c(C)nn(-c3ccc(C)cc3)c2C)cc1. The molecular formula is C23H28N4O. The Morgan fingerprint density at radius 3 is 2.32 bits per heavy atom. The van der Waals surface area contributed by atoms with Crippen LogP contribution in [0.2, 0.25) is 0 Å². The molecular weight excluding hydrogens is 348 g/mol. The molecule has 3 rings (SSSR count). The molecule has 0 saturated carbocycles. The van der Waals surface area contributed by atoms with Crippen molar-refractivity contribution in [2.24, 2.45) is 0 Å². The van der Waals surface area contributed by atoms with Crippen LogP contribution >= 0.6 is 0 Å². The van der Waals surface area contributed by atoms with E-state index in [1.807, 2.05) is 42.8 Å². The van der Waals surface area contributed by atoms with Gasteiger partial charge in [0.05, 0.1) is 29.3 Å². The van der Waals surface area contributed by atoms with Gasteiger partial charge in [0.15, 0.2) is 0 Å². The number of rotatable bonds is 7. The number of carbonyl (C=O) groups is 1. The molecule has 0 atom stereocenters. The van der Waals surface area contributed by atoms with Gasteiger partial charge in [-0.1, -0.05) is 43.2 Å². The van der Waals surface area contributed by atoms with Crippen molar-refractivity contribution in [2.45, 2.75) is 40.5 Å². The summed E-state index contributed by atoms with van der Waals surface area (Å²) < 4.78 is 1.87. The van der Waals surface area contributed by atoms with Crippen molar-refractivity contribution in [2.75, 3.05) is 17.2 Å². The molecule has 1 aromatic heterocycles. The molecule has 0 aliphatic heterocycles. The summed E-state index contributed by atoms with van der Waals surface area (Å²) in [6.45, 7) is 8.31. The molecule has 2 N–H and O–H groups in total. The molecule has 1 heterocycles. The average molecular weight is 377 g/mol. The van der Waals surface area contributed by atoms with Gasteiger partial charge in [0.1, 0.15) is 0 Å². The zero-order valence-corrected chi connectivity index (χ0v) is 17.0. The lowest BCUT2D eigenvalue weighted by atomic mass is 10.1. The molecule has 0 bridgehead atoms. The highest BCUT2D eigenvalue weighted by Crippen LogP contribution is 2.23. The second-order valence-electron chi connectivity index (χ2n) is 7.14. The third-order valence-corrected chi connectivity index (χ3v) is 4.78. The lowest BCUT2D eigenvalue weighted by Gasteiger charge is -2.09. The highest BCUT2D eigenvalue weighted by Gasteiger charge is 2.15. The normalized spacial score (nSPS) is 10.7. The van der Waals surface area contributed by atoms with E-state index in [2.05, 4.69) is 53.8 Å². The van der Waals surface area contributed by atoms with Crippen LogP contribution in [0.15, 0.2) is 48.5 Å². The monoisotopic (exact) mass is 376 g/mol. The van der Waals surface area contributed by atoms with Gasteiger partial charge in [0, 0.05) is 5.69 Å². The number of nitrogens with one attached hydrogen (secondary N) is 2. The fraction of sp³-hybridized carbons (Fsp3) is 0.304. The fourth-order valence-electron chi connectivity index (χ4n) is 3.20. The topological polar surface area (TPSA) is 59.0 Å². The largest absolute Gasteiger partial charge is 0.376 e.